The van der Waals surface area contributed by atoms with E-state index in [-0.39, 0.29) is 0 Å². The van der Waals surface area contributed by atoms with E-state index in [0.29, 0.717) is 11.1 Å². The van der Waals surface area contributed by atoms with Crippen molar-refractivity contribution in [2.75, 3.05) is 0 Å². The number of alkyl halides is 3. The van der Waals surface area contributed by atoms with Crippen molar-refractivity contribution in [3.63, 3.8) is 0 Å². The Kier molecular flexibility index (Phi) is 3.19. The van der Waals surface area contributed by atoms with E-state index in [0.717, 1.165) is 16.6 Å². The summed E-state index contributed by atoms with van der Waals surface area (Å²) in [5.74, 6) is 0. The molecule has 0 bridgehead atoms. The molecule has 5 heteroatoms. The minimum Gasteiger partial charge on any atom is -0.263 e. The number of rotatable bonds is 1. The second-order valence-corrected chi connectivity index (χ2v) is 4.39. The number of pyridine rings is 1. The molecule has 0 saturated heterocycles. The zero-order chi connectivity index (χ0) is 12.5. The van der Waals surface area contributed by atoms with E-state index in [9.17, 15) is 13.2 Å². The van der Waals surface area contributed by atoms with Crippen LogP contribution in [-0.2, 0) is 6.18 Å². The third kappa shape index (κ3) is 2.85. The number of benzene rings is 1. The molecule has 17 heavy (non-hydrogen) atoms. The molecule has 0 aliphatic heterocycles. The lowest BCUT2D eigenvalue weighted by molar-refractivity contribution is -0.137. The third-order valence-electron chi connectivity index (χ3n) is 2.23. The Balaban J connectivity index is 2.47. The number of halogens is 4. The fourth-order valence-electron chi connectivity index (χ4n) is 1.44. The first-order valence-electron chi connectivity index (χ1n) is 4.75. The average molecular weight is 302 g/mol. The lowest BCUT2D eigenvalue weighted by Gasteiger charge is -2.08. The largest absolute Gasteiger partial charge is 0.416 e. The molecule has 0 aliphatic carbocycles. The highest BCUT2D eigenvalue weighted by molar-refractivity contribution is 9.10. The summed E-state index contributed by atoms with van der Waals surface area (Å²) in [5, 5.41) is 0. The van der Waals surface area contributed by atoms with Gasteiger partial charge in [0.05, 0.1) is 5.56 Å². The van der Waals surface area contributed by atoms with Crippen molar-refractivity contribution in [3.8, 4) is 11.1 Å². The Labute approximate surface area is 104 Å². The van der Waals surface area contributed by atoms with Crippen LogP contribution in [0.15, 0.2) is 47.2 Å². The van der Waals surface area contributed by atoms with E-state index in [1.807, 2.05) is 0 Å². The summed E-state index contributed by atoms with van der Waals surface area (Å²) in [4.78, 5) is 3.92. The molecule has 0 unspecified atom stereocenters. The summed E-state index contributed by atoms with van der Waals surface area (Å²) in [6, 6.07) is 6.90. The maximum absolute atomic E-state index is 12.5. The van der Waals surface area contributed by atoms with Gasteiger partial charge < -0.3 is 0 Å². The minimum absolute atomic E-state index is 0.494. The van der Waals surface area contributed by atoms with Crippen molar-refractivity contribution in [1.29, 1.82) is 0 Å². The molecule has 88 valence electrons. The Morgan fingerprint density at radius 1 is 1.00 bits per heavy atom. The van der Waals surface area contributed by atoms with Crippen LogP contribution < -0.4 is 0 Å². The molecule has 1 aromatic heterocycles. The van der Waals surface area contributed by atoms with Crippen molar-refractivity contribution in [2.24, 2.45) is 0 Å². The van der Waals surface area contributed by atoms with Gasteiger partial charge in [-0.15, -0.1) is 0 Å². The fraction of sp³-hybridized carbons (Fsp3) is 0.0833. The zero-order valence-electron chi connectivity index (χ0n) is 8.50. The van der Waals surface area contributed by atoms with Gasteiger partial charge in [0.15, 0.2) is 0 Å². The number of hydrogen-bond acceptors (Lipinski definition) is 1. The van der Waals surface area contributed by atoms with Gasteiger partial charge in [-0.25, -0.2) is 0 Å². The SMILES string of the molecule is FC(F)(F)c1cccc(-c2cncc(Br)c2)c1. The second kappa shape index (κ2) is 4.49. The molecule has 0 atom stereocenters. The molecule has 2 rings (SSSR count). The quantitative estimate of drug-likeness (QED) is 0.754. The van der Waals surface area contributed by atoms with Gasteiger partial charge in [0.2, 0.25) is 0 Å². The number of nitrogens with zero attached hydrogens (tertiary/aromatic N) is 1. The van der Waals surface area contributed by atoms with Crippen molar-refractivity contribution in [2.45, 2.75) is 6.18 Å². The minimum atomic E-state index is -4.32. The molecular formula is C12H7BrF3N. The van der Waals surface area contributed by atoms with Gasteiger partial charge in [0.1, 0.15) is 0 Å². The van der Waals surface area contributed by atoms with Crippen LogP contribution in [-0.4, -0.2) is 4.98 Å². The van der Waals surface area contributed by atoms with E-state index in [1.165, 1.54) is 12.3 Å². The van der Waals surface area contributed by atoms with Crippen molar-refractivity contribution in [3.05, 3.63) is 52.8 Å². The lowest BCUT2D eigenvalue weighted by Crippen LogP contribution is -2.04. The molecular weight excluding hydrogens is 295 g/mol. The van der Waals surface area contributed by atoms with Crippen LogP contribution in [0.5, 0.6) is 0 Å². The topological polar surface area (TPSA) is 12.9 Å². The molecule has 0 N–H and O–H groups in total. The smallest absolute Gasteiger partial charge is 0.263 e. The summed E-state index contributed by atoms with van der Waals surface area (Å²) in [6.07, 6.45) is -1.22. The molecule has 0 aliphatic rings. The molecule has 2 aromatic rings. The summed E-state index contributed by atoms with van der Waals surface area (Å²) < 4.78 is 38.3. The summed E-state index contributed by atoms with van der Waals surface area (Å²) in [6.45, 7) is 0. The predicted molar refractivity (Wildman–Crippen MR) is 62.4 cm³/mol. The molecule has 0 spiro atoms. The molecule has 0 fully saturated rings. The van der Waals surface area contributed by atoms with Gasteiger partial charge in [0, 0.05) is 22.4 Å². The van der Waals surface area contributed by atoms with E-state index >= 15 is 0 Å². The van der Waals surface area contributed by atoms with Gasteiger partial charge in [-0.2, -0.15) is 13.2 Å². The van der Waals surface area contributed by atoms with Crippen LogP contribution in [0, 0.1) is 0 Å². The highest BCUT2D eigenvalue weighted by Crippen LogP contribution is 2.32. The first kappa shape index (κ1) is 12.1. The van der Waals surface area contributed by atoms with E-state index < -0.39 is 11.7 Å². The maximum Gasteiger partial charge on any atom is 0.416 e. The van der Waals surface area contributed by atoms with Crippen LogP contribution in [0.1, 0.15) is 5.56 Å². The monoisotopic (exact) mass is 301 g/mol. The standard InChI is InChI=1S/C12H7BrF3N/c13-11-5-9(6-17-7-11)8-2-1-3-10(4-8)12(14,15)16/h1-7H. The van der Waals surface area contributed by atoms with Crippen LogP contribution >= 0.6 is 15.9 Å². The normalized spacial score (nSPS) is 11.5. The molecule has 1 nitrogen and oxygen atoms in total. The van der Waals surface area contributed by atoms with Gasteiger partial charge in [-0.1, -0.05) is 12.1 Å². The van der Waals surface area contributed by atoms with Crippen LogP contribution in [0.4, 0.5) is 13.2 Å². The molecule has 0 radical (unpaired) electrons. The van der Waals surface area contributed by atoms with Crippen LogP contribution in [0.2, 0.25) is 0 Å². The second-order valence-electron chi connectivity index (χ2n) is 3.47. The zero-order valence-corrected chi connectivity index (χ0v) is 10.1. The fourth-order valence-corrected chi connectivity index (χ4v) is 1.81. The van der Waals surface area contributed by atoms with Crippen LogP contribution in [0.25, 0.3) is 11.1 Å². The number of aromatic nitrogens is 1. The predicted octanol–water partition coefficient (Wildman–Crippen LogP) is 4.53. The molecule has 1 aromatic carbocycles. The van der Waals surface area contributed by atoms with E-state index in [4.69, 9.17) is 0 Å². The summed E-state index contributed by atoms with van der Waals surface area (Å²) in [7, 11) is 0. The van der Waals surface area contributed by atoms with Crippen molar-refractivity contribution < 1.29 is 13.2 Å². The lowest BCUT2D eigenvalue weighted by atomic mass is 10.0. The molecule has 0 amide bonds. The Hall–Kier alpha value is -1.36. The Morgan fingerprint density at radius 3 is 2.41 bits per heavy atom. The van der Waals surface area contributed by atoms with Crippen molar-refractivity contribution in [1.82, 2.24) is 4.98 Å². The Morgan fingerprint density at radius 2 is 1.76 bits per heavy atom. The molecule has 1 heterocycles. The first-order valence-corrected chi connectivity index (χ1v) is 5.54. The van der Waals surface area contributed by atoms with Crippen molar-refractivity contribution >= 4 is 15.9 Å². The van der Waals surface area contributed by atoms with E-state index in [1.54, 1.807) is 18.3 Å². The van der Waals surface area contributed by atoms with E-state index in [2.05, 4.69) is 20.9 Å². The molecule has 0 saturated carbocycles. The van der Waals surface area contributed by atoms with Crippen LogP contribution in [0.3, 0.4) is 0 Å². The third-order valence-corrected chi connectivity index (χ3v) is 2.66. The highest BCUT2D eigenvalue weighted by atomic mass is 79.9. The van der Waals surface area contributed by atoms with Gasteiger partial charge in [-0.3, -0.25) is 4.98 Å². The number of hydrogen-bond donors (Lipinski definition) is 0. The van der Waals surface area contributed by atoms with Gasteiger partial charge >= 0.3 is 6.18 Å². The van der Waals surface area contributed by atoms with Gasteiger partial charge in [-0.05, 0) is 39.7 Å². The maximum atomic E-state index is 12.5. The summed E-state index contributed by atoms with van der Waals surface area (Å²) >= 11 is 3.23. The summed E-state index contributed by atoms with van der Waals surface area (Å²) in [5.41, 5.74) is 0.481. The van der Waals surface area contributed by atoms with Gasteiger partial charge in [0.25, 0.3) is 0 Å². The first-order chi connectivity index (χ1) is 7.97. The highest BCUT2D eigenvalue weighted by Gasteiger charge is 2.30. The Bertz CT molecular complexity index is 537. The average Bonchev–Trinajstić information content (AvgIpc) is 2.28.